The summed E-state index contributed by atoms with van der Waals surface area (Å²) in [6.45, 7) is 4.10. The molecule has 1 aliphatic carbocycles. The van der Waals surface area contributed by atoms with E-state index in [9.17, 15) is 4.79 Å². The van der Waals surface area contributed by atoms with E-state index in [0.29, 0.717) is 10.6 Å². The van der Waals surface area contributed by atoms with Crippen LogP contribution < -0.4 is 11.1 Å². The molecule has 0 bridgehead atoms. The smallest absolute Gasteiger partial charge is 0.248 e. The molecule has 0 radical (unpaired) electrons. The Balaban J connectivity index is 1.84. The molecule has 0 aromatic heterocycles. The van der Waals surface area contributed by atoms with Gasteiger partial charge in [-0.25, -0.2) is 0 Å². The number of nitrogens with one attached hydrogen (secondary N) is 1. The Morgan fingerprint density at radius 1 is 1.47 bits per heavy atom. The van der Waals surface area contributed by atoms with Gasteiger partial charge in [-0.15, -0.1) is 0 Å². The standard InChI is InChI=1S/C15H21ClN2O/c1-10-2-3-11(6-10)8-18-9-13-5-4-12(15(17)19)7-14(13)16/h4-5,7,10-11,18H,2-3,6,8-9H2,1H3,(H2,17,19). The number of amides is 1. The topological polar surface area (TPSA) is 55.1 Å². The predicted molar refractivity (Wildman–Crippen MR) is 78.2 cm³/mol. The number of primary amides is 1. The van der Waals surface area contributed by atoms with Crippen molar-refractivity contribution in [2.45, 2.75) is 32.7 Å². The summed E-state index contributed by atoms with van der Waals surface area (Å²) in [4.78, 5) is 11.0. The molecule has 2 rings (SSSR count). The first kappa shape index (κ1) is 14.4. The predicted octanol–water partition coefficient (Wildman–Crippen LogP) is 2.96. The van der Waals surface area contributed by atoms with Crippen molar-refractivity contribution in [1.29, 1.82) is 0 Å². The Kier molecular flexibility index (Phi) is 4.83. The summed E-state index contributed by atoms with van der Waals surface area (Å²) in [5.41, 5.74) is 6.68. The Morgan fingerprint density at radius 2 is 2.26 bits per heavy atom. The quantitative estimate of drug-likeness (QED) is 0.871. The minimum Gasteiger partial charge on any atom is -0.366 e. The van der Waals surface area contributed by atoms with E-state index in [0.717, 1.165) is 30.5 Å². The molecule has 1 fully saturated rings. The summed E-state index contributed by atoms with van der Waals surface area (Å²) in [5.74, 6) is 1.21. The molecule has 104 valence electrons. The number of carbonyl (C=O) groups is 1. The number of hydrogen-bond acceptors (Lipinski definition) is 2. The number of nitrogens with two attached hydrogens (primary N) is 1. The average molecular weight is 281 g/mol. The third-order valence-corrected chi connectivity index (χ3v) is 4.24. The maximum Gasteiger partial charge on any atom is 0.248 e. The van der Waals surface area contributed by atoms with Crippen molar-refractivity contribution in [2.24, 2.45) is 17.6 Å². The first-order valence-electron chi connectivity index (χ1n) is 6.85. The fraction of sp³-hybridized carbons (Fsp3) is 0.533. The Bertz CT molecular complexity index is 461. The molecule has 1 aliphatic rings. The van der Waals surface area contributed by atoms with Crippen LogP contribution >= 0.6 is 11.6 Å². The second-order valence-electron chi connectivity index (χ2n) is 5.59. The number of hydrogen-bond donors (Lipinski definition) is 2. The molecule has 0 aliphatic heterocycles. The second-order valence-corrected chi connectivity index (χ2v) is 5.99. The summed E-state index contributed by atoms with van der Waals surface area (Å²) in [5, 5.41) is 4.05. The van der Waals surface area contributed by atoms with E-state index in [1.54, 1.807) is 12.1 Å². The van der Waals surface area contributed by atoms with Crippen molar-refractivity contribution in [2.75, 3.05) is 6.54 Å². The molecular formula is C15H21ClN2O. The van der Waals surface area contributed by atoms with E-state index in [-0.39, 0.29) is 0 Å². The first-order valence-corrected chi connectivity index (χ1v) is 7.23. The lowest BCUT2D eigenvalue weighted by atomic mass is 10.1. The van der Waals surface area contributed by atoms with E-state index in [1.807, 2.05) is 6.07 Å². The van der Waals surface area contributed by atoms with Crippen molar-refractivity contribution in [3.05, 3.63) is 34.3 Å². The molecule has 1 aromatic carbocycles. The van der Waals surface area contributed by atoms with E-state index in [4.69, 9.17) is 17.3 Å². The van der Waals surface area contributed by atoms with Crippen LogP contribution in [0, 0.1) is 11.8 Å². The minimum atomic E-state index is -0.443. The van der Waals surface area contributed by atoms with Crippen molar-refractivity contribution in [1.82, 2.24) is 5.32 Å². The summed E-state index contributed by atoms with van der Waals surface area (Å²) >= 11 is 6.14. The van der Waals surface area contributed by atoms with Gasteiger partial charge in [0.1, 0.15) is 0 Å². The van der Waals surface area contributed by atoms with Gasteiger partial charge in [-0.2, -0.15) is 0 Å². The molecule has 0 heterocycles. The summed E-state index contributed by atoms with van der Waals surface area (Å²) in [6.07, 6.45) is 3.99. The van der Waals surface area contributed by atoms with Crippen molar-refractivity contribution in [3.8, 4) is 0 Å². The van der Waals surface area contributed by atoms with E-state index in [2.05, 4.69) is 12.2 Å². The number of carbonyl (C=O) groups excluding carboxylic acids is 1. The van der Waals surface area contributed by atoms with Crippen LogP contribution in [0.1, 0.15) is 42.1 Å². The monoisotopic (exact) mass is 280 g/mol. The molecule has 0 saturated heterocycles. The Hall–Kier alpha value is -1.06. The van der Waals surface area contributed by atoms with Gasteiger partial charge in [0.25, 0.3) is 0 Å². The van der Waals surface area contributed by atoms with Gasteiger partial charge in [0.2, 0.25) is 5.91 Å². The van der Waals surface area contributed by atoms with Crippen LogP contribution in [0.3, 0.4) is 0 Å². The maximum atomic E-state index is 11.0. The molecule has 4 heteroatoms. The fourth-order valence-corrected chi connectivity index (χ4v) is 3.01. The van der Waals surface area contributed by atoms with Crippen molar-refractivity contribution < 1.29 is 4.79 Å². The zero-order valence-corrected chi connectivity index (χ0v) is 12.0. The highest BCUT2D eigenvalue weighted by atomic mass is 35.5. The minimum absolute atomic E-state index is 0.443. The molecule has 1 amide bonds. The molecular weight excluding hydrogens is 260 g/mol. The van der Waals surface area contributed by atoms with Gasteiger partial charge in [-0.05, 0) is 48.9 Å². The van der Waals surface area contributed by atoms with E-state index >= 15 is 0 Å². The molecule has 0 spiro atoms. The lowest BCUT2D eigenvalue weighted by Gasteiger charge is -2.12. The van der Waals surface area contributed by atoms with Crippen LogP contribution in [0.5, 0.6) is 0 Å². The SMILES string of the molecule is CC1CCC(CNCc2ccc(C(N)=O)cc2Cl)C1. The third-order valence-electron chi connectivity index (χ3n) is 3.89. The van der Waals surface area contributed by atoms with E-state index < -0.39 is 5.91 Å². The van der Waals surface area contributed by atoms with Gasteiger partial charge in [0.05, 0.1) is 0 Å². The van der Waals surface area contributed by atoms with E-state index in [1.165, 1.54) is 19.3 Å². The summed E-state index contributed by atoms with van der Waals surface area (Å²) < 4.78 is 0. The largest absolute Gasteiger partial charge is 0.366 e. The highest BCUT2D eigenvalue weighted by molar-refractivity contribution is 6.31. The van der Waals surface area contributed by atoms with Gasteiger partial charge in [0.15, 0.2) is 0 Å². The first-order chi connectivity index (χ1) is 9.06. The summed E-state index contributed by atoms with van der Waals surface area (Å²) in [6, 6.07) is 5.23. The van der Waals surface area contributed by atoms with Crippen LogP contribution in [0.25, 0.3) is 0 Å². The van der Waals surface area contributed by atoms with Crippen molar-refractivity contribution in [3.63, 3.8) is 0 Å². The zero-order chi connectivity index (χ0) is 13.8. The highest BCUT2D eigenvalue weighted by Gasteiger charge is 2.20. The fourth-order valence-electron chi connectivity index (χ4n) is 2.77. The molecule has 1 aromatic rings. The lowest BCUT2D eigenvalue weighted by Crippen LogP contribution is -2.21. The van der Waals surface area contributed by atoms with Crippen LogP contribution in [-0.2, 0) is 6.54 Å². The van der Waals surface area contributed by atoms with Gasteiger partial charge in [0, 0.05) is 17.1 Å². The highest BCUT2D eigenvalue weighted by Crippen LogP contribution is 2.29. The normalized spacial score (nSPS) is 22.6. The number of halogens is 1. The maximum absolute atomic E-state index is 11.0. The third kappa shape index (κ3) is 3.95. The van der Waals surface area contributed by atoms with Crippen LogP contribution in [0.2, 0.25) is 5.02 Å². The molecule has 19 heavy (non-hydrogen) atoms. The van der Waals surface area contributed by atoms with Crippen LogP contribution in [0.4, 0.5) is 0 Å². The summed E-state index contributed by atoms with van der Waals surface area (Å²) in [7, 11) is 0. The van der Waals surface area contributed by atoms with Crippen LogP contribution in [0.15, 0.2) is 18.2 Å². The Morgan fingerprint density at radius 3 is 2.84 bits per heavy atom. The second kappa shape index (κ2) is 6.40. The average Bonchev–Trinajstić information content (AvgIpc) is 2.77. The molecule has 2 unspecified atom stereocenters. The lowest BCUT2D eigenvalue weighted by molar-refractivity contribution is 0.100. The molecule has 3 nitrogen and oxygen atoms in total. The van der Waals surface area contributed by atoms with Crippen molar-refractivity contribution >= 4 is 17.5 Å². The molecule has 3 N–H and O–H groups in total. The number of rotatable bonds is 5. The van der Waals surface area contributed by atoms with Gasteiger partial charge < -0.3 is 11.1 Å². The van der Waals surface area contributed by atoms with Crippen LogP contribution in [-0.4, -0.2) is 12.5 Å². The van der Waals surface area contributed by atoms with Gasteiger partial charge in [-0.3, -0.25) is 4.79 Å². The van der Waals surface area contributed by atoms with Gasteiger partial charge in [-0.1, -0.05) is 31.0 Å². The zero-order valence-electron chi connectivity index (χ0n) is 11.3. The number of benzene rings is 1. The Labute approximate surface area is 119 Å². The molecule has 1 saturated carbocycles. The molecule has 2 atom stereocenters. The van der Waals surface area contributed by atoms with Gasteiger partial charge >= 0.3 is 0 Å².